The van der Waals surface area contributed by atoms with Crippen molar-refractivity contribution in [3.8, 4) is 17.3 Å². The van der Waals surface area contributed by atoms with Gasteiger partial charge in [-0.25, -0.2) is 17.5 Å². The number of sulfone groups is 1. The van der Waals surface area contributed by atoms with Gasteiger partial charge in [-0.05, 0) is 55.3 Å². The Hall–Kier alpha value is -3.33. The van der Waals surface area contributed by atoms with Crippen LogP contribution < -0.4 is 18.5 Å². The van der Waals surface area contributed by atoms with E-state index >= 15 is 0 Å². The highest BCUT2D eigenvalue weighted by molar-refractivity contribution is 7.91. The highest BCUT2D eigenvalue weighted by atomic mass is 35.5. The Bertz CT molecular complexity index is 2090. The van der Waals surface area contributed by atoms with E-state index in [1.54, 1.807) is 55.5 Å². The van der Waals surface area contributed by atoms with E-state index in [4.69, 9.17) is 44.3 Å². The molecule has 16 heteroatoms. The molecule has 0 atom stereocenters. The summed E-state index contributed by atoms with van der Waals surface area (Å²) in [7, 11) is -8.11. The maximum Gasteiger partial charge on any atom is 0.520 e. The van der Waals surface area contributed by atoms with Crippen LogP contribution in [0.3, 0.4) is 0 Å². The number of halogens is 3. The quantitative estimate of drug-likeness (QED) is 0.0442. The van der Waals surface area contributed by atoms with Gasteiger partial charge in [0, 0.05) is 18.9 Å². The minimum Gasteiger partial charge on any atom is -0.395 e. The van der Waals surface area contributed by atoms with Crippen LogP contribution in [0.25, 0.3) is 5.69 Å². The molecular weight excluding hydrogens is 819 g/mol. The Balaban J connectivity index is 1.55. The van der Waals surface area contributed by atoms with Gasteiger partial charge in [-0.15, -0.1) is 5.10 Å². The minimum atomic E-state index is -4.39. The number of anilines is 2. The Labute approximate surface area is 346 Å². The van der Waals surface area contributed by atoms with Gasteiger partial charge in [-0.1, -0.05) is 149 Å². The third-order valence-electron chi connectivity index (χ3n) is 9.01. The van der Waals surface area contributed by atoms with Crippen LogP contribution in [0.4, 0.5) is 16.3 Å². The summed E-state index contributed by atoms with van der Waals surface area (Å²) >= 11 is 19.8. The summed E-state index contributed by atoms with van der Waals surface area (Å²) in [6.07, 6.45) is 16.2. The molecule has 1 N–H and O–H groups in total. The lowest BCUT2D eigenvalue weighted by molar-refractivity contribution is 0.148. The summed E-state index contributed by atoms with van der Waals surface area (Å²) in [6.45, 7) is 4.17. The summed E-state index contributed by atoms with van der Waals surface area (Å²) in [5, 5.41) is 4.26. The van der Waals surface area contributed by atoms with Crippen molar-refractivity contribution in [1.82, 2.24) is 14.5 Å². The minimum absolute atomic E-state index is 0.0767. The van der Waals surface area contributed by atoms with Crippen molar-refractivity contribution in [2.45, 2.75) is 109 Å². The van der Waals surface area contributed by atoms with Crippen LogP contribution in [0.1, 0.15) is 102 Å². The molecule has 0 unspecified atom stereocenters. The van der Waals surface area contributed by atoms with Crippen LogP contribution in [-0.2, 0) is 20.0 Å². The molecule has 0 spiro atoms. The fraction of sp³-hybridized carbons (Fsp3) is 0.450. The predicted molar refractivity (Wildman–Crippen MR) is 225 cm³/mol. The average Bonchev–Trinajstić information content (AvgIpc) is 3.52. The average molecular weight is 870 g/mol. The highest BCUT2D eigenvalue weighted by Crippen LogP contribution is 2.40. The molecule has 0 aliphatic carbocycles. The maximum absolute atomic E-state index is 14.2. The molecule has 0 aliphatic rings. The van der Waals surface area contributed by atoms with Crippen molar-refractivity contribution in [2.24, 2.45) is 0 Å². The first-order valence-electron chi connectivity index (χ1n) is 19.0. The Kier molecular flexibility index (Phi) is 17.8. The van der Waals surface area contributed by atoms with E-state index < -0.39 is 26.2 Å². The van der Waals surface area contributed by atoms with Crippen LogP contribution in [0.5, 0.6) is 11.6 Å². The molecule has 0 aliphatic heterocycles. The standard InChI is InChI=1S/C40H51Cl3N4O7S2/c1-4-5-6-7-8-9-10-11-12-13-14-15-16-20-25-44-56(51,52)47(36-26-30(2)23-24-33(36)41)37-29-38(54-40(48)53-31-21-18-17-19-22-31)46(45-37)39-34(42)27-32(28-35(39)43)55(3,49)50/h17-19,21-24,26-29,44H,4-16,20,25H2,1-3H3. The second-order valence-corrected chi connectivity index (χ2v) is 18.6. The van der Waals surface area contributed by atoms with Crippen LogP contribution in [0.15, 0.2) is 71.6 Å². The molecule has 0 fully saturated rings. The fourth-order valence-electron chi connectivity index (χ4n) is 6.07. The third-order valence-corrected chi connectivity index (χ3v) is 12.4. The number of hydrogen-bond acceptors (Lipinski definition) is 8. The van der Waals surface area contributed by atoms with E-state index in [-0.39, 0.29) is 55.3 Å². The molecule has 1 heterocycles. The zero-order chi connectivity index (χ0) is 40.7. The first-order valence-corrected chi connectivity index (χ1v) is 23.5. The number of unbranched alkanes of at least 4 members (excludes halogenated alkanes) is 13. The largest absolute Gasteiger partial charge is 0.520 e. The van der Waals surface area contributed by atoms with Crippen molar-refractivity contribution in [1.29, 1.82) is 0 Å². The summed E-state index contributed by atoms with van der Waals surface area (Å²) in [5.41, 5.74) is 0.701. The molecule has 306 valence electrons. The van der Waals surface area contributed by atoms with E-state index in [0.717, 1.165) is 53.1 Å². The molecular formula is C40H51Cl3N4O7S2. The number of rotatable bonds is 23. The summed E-state index contributed by atoms with van der Waals surface area (Å²) in [5.74, 6) is -0.401. The van der Waals surface area contributed by atoms with Crippen molar-refractivity contribution >= 4 is 72.5 Å². The number of para-hydroxylation sites is 1. The van der Waals surface area contributed by atoms with E-state index in [0.29, 0.717) is 12.0 Å². The van der Waals surface area contributed by atoms with E-state index in [2.05, 4.69) is 16.7 Å². The lowest BCUT2D eigenvalue weighted by Gasteiger charge is -2.23. The number of aryl methyl sites for hydroxylation is 1. The van der Waals surface area contributed by atoms with Gasteiger partial charge in [0.2, 0.25) is 5.88 Å². The van der Waals surface area contributed by atoms with Gasteiger partial charge < -0.3 is 9.47 Å². The maximum atomic E-state index is 14.2. The van der Waals surface area contributed by atoms with E-state index in [1.165, 1.54) is 63.9 Å². The smallest absolute Gasteiger partial charge is 0.395 e. The lowest BCUT2D eigenvalue weighted by Crippen LogP contribution is -2.38. The molecule has 1 aromatic heterocycles. The number of ether oxygens (including phenoxy) is 2. The number of aromatic nitrogens is 2. The van der Waals surface area contributed by atoms with Gasteiger partial charge in [0.15, 0.2) is 15.7 Å². The molecule has 0 bridgehead atoms. The van der Waals surface area contributed by atoms with Gasteiger partial charge in [-0.2, -0.15) is 17.8 Å². The molecule has 11 nitrogen and oxygen atoms in total. The van der Waals surface area contributed by atoms with E-state index in [9.17, 15) is 21.6 Å². The van der Waals surface area contributed by atoms with Crippen LogP contribution in [-0.4, -0.2) is 45.6 Å². The lowest BCUT2D eigenvalue weighted by atomic mass is 10.0. The second kappa shape index (κ2) is 22.0. The summed E-state index contributed by atoms with van der Waals surface area (Å²) in [4.78, 5) is 12.9. The summed E-state index contributed by atoms with van der Waals surface area (Å²) < 4.78 is 68.5. The number of nitrogens with zero attached hydrogens (tertiary/aromatic N) is 3. The van der Waals surface area contributed by atoms with Crippen molar-refractivity contribution in [3.63, 3.8) is 0 Å². The second-order valence-electron chi connectivity index (χ2n) is 13.7. The van der Waals surface area contributed by atoms with Gasteiger partial charge in [-0.3, -0.25) is 0 Å². The van der Waals surface area contributed by atoms with Crippen LogP contribution in [0, 0.1) is 6.92 Å². The van der Waals surface area contributed by atoms with Crippen molar-refractivity contribution < 1.29 is 31.1 Å². The van der Waals surface area contributed by atoms with Crippen molar-refractivity contribution in [2.75, 3.05) is 17.1 Å². The first kappa shape index (κ1) is 45.4. The Morgan fingerprint density at radius 3 is 1.84 bits per heavy atom. The van der Waals surface area contributed by atoms with Gasteiger partial charge >= 0.3 is 16.4 Å². The molecule has 0 amide bonds. The Morgan fingerprint density at radius 2 is 1.29 bits per heavy atom. The molecule has 4 rings (SSSR count). The highest BCUT2D eigenvalue weighted by Gasteiger charge is 2.32. The number of carbonyl (C=O) groups is 1. The summed E-state index contributed by atoms with van der Waals surface area (Å²) in [6, 6.07) is 16.5. The normalized spacial score (nSPS) is 11.8. The number of hydrogen-bond donors (Lipinski definition) is 1. The Morgan fingerprint density at radius 1 is 0.732 bits per heavy atom. The molecule has 56 heavy (non-hydrogen) atoms. The van der Waals surface area contributed by atoms with Gasteiger partial charge in [0.25, 0.3) is 0 Å². The molecule has 4 aromatic rings. The first-order chi connectivity index (χ1) is 26.7. The SMILES string of the molecule is CCCCCCCCCCCCCCCCNS(=O)(=O)N(c1cc(OC(=O)Oc2ccccc2)n(-c2c(Cl)cc(S(C)(=O)=O)cc2Cl)n1)c1cc(C)ccc1Cl. The van der Waals surface area contributed by atoms with Crippen LogP contribution in [0.2, 0.25) is 15.1 Å². The molecule has 0 saturated carbocycles. The topological polar surface area (TPSA) is 137 Å². The van der Waals surface area contributed by atoms with E-state index in [1.807, 2.05) is 0 Å². The zero-order valence-corrected chi connectivity index (χ0v) is 36.0. The molecule has 0 saturated heterocycles. The number of nitrogens with one attached hydrogen (secondary N) is 1. The van der Waals surface area contributed by atoms with Crippen LogP contribution >= 0.6 is 34.8 Å². The number of benzene rings is 3. The van der Waals surface area contributed by atoms with Gasteiger partial charge in [0.05, 0.1) is 25.7 Å². The molecule has 0 radical (unpaired) electrons. The predicted octanol–water partition coefficient (Wildman–Crippen LogP) is 11.6. The number of carbonyl (C=O) groups excluding carboxylic acids is 1. The molecule has 3 aromatic carbocycles. The third kappa shape index (κ3) is 13.7. The van der Waals surface area contributed by atoms with Gasteiger partial charge in [0.1, 0.15) is 11.4 Å². The monoisotopic (exact) mass is 868 g/mol. The fourth-order valence-corrected chi connectivity index (χ4v) is 9.04. The zero-order valence-electron chi connectivity index (χ0n) is 32.1. The van der Waals surface area contributed by atoms with Crippen molar-refractivity contribution in [3.05, 3.63) is 87.4 Å².